The zero-order chi connectivity index (χ0) is 15.2. The van der Waals surface area contributed by atoms with Crippen LogP contribution in [0, 0.1) is 0 Å². The molecule has 1 rings (SSSR count). The van der Waals surface area contributed by atoms with E-state index in [1.54, 1.807) is 21.3 Å². The summed E-state index contributed by atoms with van der Waals surface area (Å²) in [6.07, 6.45) is 0.843. The van der Waals surface area contributed by atoms with Crippen LogP contribution >= 0.6 is 0 Å². The standard InChI is InChI=1S/C14H26N2O3Si/c1-11(15)14(16)13-7-5-12(6-8-13)9-10-20(17-2,18-3)19-4/h5-8,11,14H,9-10,15-16H2,1-4H3. The van der Waals surface area contributed by atoms with Gasteiger partial charge >= 0.3 is 8.80 Å². The summed E-state index contributed by atoms with van der Waals surface area (Å²) in [6.45, 7) is 1.91. The van der Waals surface area contributed by atoms with Gasteiger partial charge in [0, 0.05) is 39.5 Å². The van der Waals surface area contributed by atoms with Crippen molar-refractivity contribution in [3.8, 4) is 0 Å². The maximum Gasteiger partial charge on any atom is 0.500 e. The molecular formula is C14H26N2O3Si. The van der Waals surface area contributed by atoms with Crippen LogP contribution in [0.5, 0.6) is 0 Å². The smallest absolute Gasteiger partial charge is 0.377 e. The lowest BCUT2D eigenvalue weighted by atomic mass is 10.0. The van der Waals surface area contributed by atoms with Crippen molar-refractivity contribution in [2.45, 2.75) is 31.5 Å². The van der Waals surface area contributed by atoms with Gasteiger partial charge in [-0.15, -0.1) is 0 Å². The Kier molecular flexibility index (Phi) is 6.80. The average molecular weight is 298 g/mol. The summed E-state index contributed by atoms with van der Waals surface area (Å²) in [7, 11) is 2.39. The number of hydrogen-bond acceptors (Lipinski definition) is 5. The predicted molar refractivity (Wildman–Crippen MR) is 82.3 cm³/mol. The van der Waals surface area contributed by atoms with Crippen molar-refractivity contribution >= 4 is 8.80 Å². The van der Waals surface area contributed by atoms with Crippen LogP contribution in [0.15, 0.2) is 24.3 Å². The van der Waals surface area contributed by atoms with E-state index in [0.717, 1.165) is 18.0 Å². The number of aryl methyl sites for hydroxylation is 1. The lowest BCUT2D eigenvalue weighted by Gasteiger charge is -2.24. The van der Waals surface area contributed by atoms with Crippen molar-refractivity contribution in [1.29, 1.82) is 0 Å². The highest BCUT2D eigenvalue weighted by atomic mass is 28.4. The Hall–Kier alpha value is -0.763. The average Bonchev–Trinajstić information content (AvgIpc) is 2.49. The molecule has 2 unspecified atom stereocenters. The molecule has 114 valence electrons. The second-order valence-electron chi connectivity index (χ2n) is 4.92. The van der Waals surface area contributed by atoms with Crippen LogP contribution in [0.1, 0.15) is 24.1 Å². The van der Waals surface area contributed by atoms with Crippen molar-refractivity contribution in [3.05, 3.63) is 35.4 Å². The van der Waals surface area contributed by atoms with Gasteiger partial charge in [-0.2, -0.15) is 0 Å². The summed E-state index contributed by atoms with van der Waals surface area (Å²) >= 11 is 0. The Morgan fingerprint density at radius 1 is 1.00 bits per heavy atom. The first-order chi connectivity index (χ1) is 9.48. The summed E-state index contributed by atoms with van der Waals surface area (Å²) < 4.78 is 16.2. The largest absolute Gasteiger partial charge is 0.500 e. The van der Waals surface area contributed by atoms with E-state index in [4.69, 9.17) is 24.7 Å². The molecule has 4 N–H and O–H groups in total. The van der Waals surface area contributed by atoms with Crippen LogP contribution in [-0.2, 0) is 19.7 Å². The quantitative estimate of drug-likeness (QED) is 0.710. The summed E-state index contributed by atoms with van der Waals surface area (Å²) in [4.78, 5) is 0. The highest BCUT2D eigenvalue weighted by Gasteiger charge is 2.37. The highest BCUT2D eigenvalue weighted by molar-refractivity contribution is 6.60. The molecule has 1 aromatic carbocycles. The normalized spacial score (nSPS) is 15.1. The van der Waals surface area contributed by atoms with E-state index in [-0.39, 0.29) is 12.1 Å². The van der Waals surface area contributed by atoms with Gasteiger partial charge in [0.25, 0.3) is 0 Å². The van der Waals surface area contributed by atoms with Gasteiger partial charge in [0.1, 0.15) is 0 Å². The minimum atomic E-state index is -2.50. The molecule has 0 aliphatic rings. The molecule has 0 fully saturated rings. The number of rotatable bonds is 8. The maximum absolute atomic E-state index is 6.02. The molecule has 0 heterocycles. The predicted octanol–water partition coefficient (Wildman–Crippen LogP) is 1.45. The van der Waals surface area contributed by atoms with E-state index in [2.05, 4.69) is 12.1 Å². The number of nitrogens with two attached hydrogens (primary N) is 2. The first kappa shape index (κ1) is 17.3. The lowest BCUT2D eigenvalue weighted by Crippen LogP contribution is -2.43. The minimum absolute atomic E-state index is 0.0589. The van der Waals surface area contributed by atoms with Gasteiger partial charge in [-0.05, 0) is 24.5 Å². The first-order valence-corrected chi connectivity index (χ1v) is 8.66. The van der Waals surface area contributed by atoms with Gasteiger partial charge in [-0.25, -0.2) is 0 Å². The van der Waals surface area contributed by atoms with Crippen molar-refractivity contribution in [2.75, 3.05) is 21.3 Å². The molecule has 2 atom stereocenters. The van der Waals surface area contributed by atoms with Gasteiger partial charge < -0.3 is 24.7 Å². The molecule has 0 aromatic heterocycles. The summed E-state index contributed by atoms with van der Waals surface area (Å²) in [6, 6.07) is 8.74. The van der Waals surface area contributed by atoms with Gasteiger partial charge in [-0.3, -0.25) is 0 Å². The molecule has 0 aliphatic carbocycles. The molecule has 6 heteroatoms. The second-order valence-corrected chi connectivity index (χ2v) is 8.01. The first-order valence-electron chi connectivity index (χ1n) is 6.73. The molecule has 0 aliphatic heterocycles. The van der Waals surface area contributed by atoms with Crippen molar-refractivity contribution < 1.29 is 13.3 Å². The van der Waals surface area contributed by atoms with Crippen molar-refractivity contribution in [2.24, 2.45) is 11.5 Å². The molecule has 1 aromatic rings. The van der Waals surface area contributed by atoms with Gasteiger partial charge in [0.05, 0.1) is 0 Å². The SMILES string of the molecule is CO[Si](CCc1ccc(C(N)C(C)N)cc1)(OC)OC. The Morgan fingerprint density at radius 2 is 1.50 bits per heavy atom. The third-order valence-corrected chi connectivity index (χ3v) is 6.31. The molecule has 0 saturated heterocycles. The summed E-state index contributed by atoms with van der Waals surface area (Å²) in [5.74, 6) is 0. The van der Waals surface area contributed by atoms with E-state index < -0.39 is 8.80 Å². The van der Waals surface area contributed by atoms with Gasteiger partial charge in [0.2, 0.25) is 0 Å². The molecule has 0 radical (unpaired) electrons. The van der Waals surface area contributed by atoms with E-state index in [9.17, 15) is 0 Å². The van der Waals surface area contributed by atoms with Gasteiger partial charge in [-0.1, -0.05) is 24.3 Å². The number of benzene rings is 1. The fourth-order valence-corrected chi connectivity index (χ4v) is 3.77. The second kappa shape index (κ2) is 7.87. The van der Waals surface area contributed by atoms with E-state index in [1.807, 2.05) is 19.1 Å². The Balaban J connectivity index is 2.66. The molecule has 20 heavy (non-hydrogen) atoms. The Bertz CT molecular complexity index is 386. The molecule has 5 nitrogen and oxygen atoms in total. The molecule has 0 spiro atoms. The number of hydrogen-bond donors (Lipinski definition) is 2. The zero-order valence-electron chi connectivity index (χ0n) is 12.8. The van der Waals surface area contributed by atoms with Crippen molar-refractivity contribution in [1.82, 2.24) is 0 Å². The molecule has 0 saturated carbocycles. The van der Waals surface area contributed by atoms with E-state index in [0.29, 0.717) is 0 Å². The fourth-order valence-electron chi connectivity index (χ4n) is 2.06. The lowest BCUT2D eigenvalue weighted by molar-refractivity contribution is 0.123. The van der Waals surface area contributed by atoms with Crippen LogP contribution < -0.4 is 11.5 Å². The molecule has 0 amide bonds. The van der Waals surface area contributed by atoms with Crippen LogP contribution in [0.4, 0.5) is 0 Å². The van der Waals surface area contributed by atoms with E-state index >= 15 is 0 Å². The summed E-state index contributed by atoms with van der Waals surface area (Å²) in [5, 5.41) is 0. The van der Waals surface area contributed by atoms with Gasteiger partial charge in [0.15, 0.2) is 0 Å². The summed E-state index contributed by atoms with van der Waals surface area (Å²) in [5.41, 5.74) is 14.1. The van der Waals surface area contributed by atoms with Crippen LogP contribution in [0.2, 0.25) is 6.04 Å². The van der Waals surface area contributed by atoms with Crippen LogP contribution in [0.3, 0.4) is 0 Å². The monoisotopic (exact) mass is 298 g/mol. The minimum Gasteiger partial charge on any atom is -0.377 e. The molecular weight excluding hydrogens is 272 g/mol. The highest BCUT2D eigenvalue weighted by Crippen LogP contribution is 2.19. The maximum atomic E-state index is 6.02. The topological polar surface area (TPSA) is 79.7 Å². The Morgan fingerprint density at radius 3 is 1.90 bits per heavy atom. The van der Waals surface area contributed by atoms with E-state index in [1.165, 1.54) is 5.56 Å². The third-order valence-electron chi connectivity index (χ3n) is 3.58. The van der Waals surface area contributed by atoms with Crippen LogP contribution in [0.25, 0.3) is 0 Å². The molecule has 0 bridgehead atoms. The zero-order valence-corrected chi connectivity index (χ0v) is 13.8. The Labute approximate surface area is 122 Å². The third kappa shape index (κ3) is 4.37. The fraction of sp³-hybridized carbons (Fsp3) is 0.571. The van der Waals surface area contributed by atoms with Crippen molar-refractivity contribution in [3.63, 3.8) is 0 Å². The van der Waals surface area contributed by atoms with Crippen LogP contribution in [-0.4, -0.2) is 36.2 Å².